The molecule has 2 rings (SSSR count). The SMILES string of the molecule is CC(=O)O[Se]C(C)N1C(=O)c2ccccc2C1=O. The molecule has 0 saturated heterocycles. The van der Waals surface area contributed by atoms with Gasteiger partial charge in [0.25, 0.3) is 0 Å². The molecule has 1 aliphatic rings. The molecule has 1 aliphatic heterocycles. The predicted molar refractivity (Wildman–Crippen MR) is 63.9 cm³/mol. The van der Waals surface area contributed by atoms with Gasteiger partial charge in [0.05, 0.1) is 0 Å². The Kier molecular flexibility index (Phi) is 3.50. The number of fused-ring (bicyclic) bond motifs is 1. The molecule has 1 heterocycles. The molecule has 0 N–H and O–H groups in total. The molecule has 1 atom stereocenters. The van der Waals surface area contributed by atoms with E-state index in [1.54, 1.807) is 31.2 Å². The molecular formula is C12H11NO4Se. The van der Waals surface area contributed by atoms with Gasteiger partial charge in [-0.3, -0.25) is 0 Å². The van der Waals surface area contributed by atoms with E-state index in [4.69, 9.17) is 3.82 Å². The van der Waals surface area contributed by atoms with E-state index in [1.807, 2.05) is 0 Å². The summed E-state index contributed by atoms with van der Waals surface area (Å²) in [6.45, 7) is 3.00. The van der Waals surface area contributed by atoms with Gasteiger partial charge in [0.15, 0.2) is 0 Å². The van der Waals surface area contributed by atoms with Crippen molar-refractivity contribution in [2.24, 2.45) is 0 Å². The van der Waals surface area contributed by atoms with Crippen molar-refractivity contribution in [3.05, 3.63) is 35.4 Å². The Bertz CT molecular complexity index is 494. The summed E-state index contributed by atoms with van der Waals surface area (Å²) in [6.07, 6.45) is 0. The first-order valence-electron chi connectivity index (χ1n) is 5.33. The van der Waals surface area contributed by atoms with E-state index >= 15 is 0 Å². The van der Waals surface area contributed by atoms with Crippen LogP contribution in [0.4, 0.5) is 0 Å². The van der Waals surface area contributed by atoms with E-state index < -0.39 is 26.2 Å². The zero-order valence-corrected chi connectivity index (χ0v) is 11.6. The van der Waals surface area contributed by atoms with E-state index in [0.29, 0.717) is 11.1 Å². The molecule has 0 fully saturated rings. The van der Waals surface area contributed by atoms with Gasteiger partial charge < -0.3 is 0 Å². The summed E-state index contributed by atoms with van der Waals surface area (Å²) in [6, 6.07) is 6.69. The summed E-state index contributed by atoms with van der Waals surface area (Å²) < 4.78 is 4.89. The Morgan fingerprint density at radius 1 is 1.22 bits per heavy atom. The average molecular weight is 312 g/mol. The fourth-order valence-corrected chi connectivity index (χ4v) is 2.88. The average Bonchev–Trinajstić information content (AvgIpc) is 2.60. The topological polar surface area (TPSA) is 63.7 Å². The molecule has 2 amide bonds. The molecule has 0 radical (unpaired) electrons. The Balaban J connectivity index is 2.20. The minimum absolute atomic E-state index is 0.322. The molecule has 1 unspecified atom stereocenters. The van der Waals surface area contributed by atoms with Crippen LogP contribution in [0.15, 0.2) is 24.3 Å². The second-order valence-electron chi connectivity index (χ2n) is 3.80. The zero-order chi connectivity index (χ0) is 13.3. The van der Waals surface area contributed by atoms with Crippen LogP contribution in [0.5, 0.6) is 0 Å². The van der Waals surface area contributed by atoms with Crippen molar-refractivity contribution < 1.29 is 18.2 Å². The normalized spacial score (nSPS) is 15.6. The summed E-state index contributed by atoms with van der Waals surface area (Å²) in [5.41, 5.74) is 0.820. The number of carbonyl (C=O) groups excluding carboxylic acids is 3. The molecule has 0 bridgehead atoms. The molecular weight excluding hydrogens is 301 g/mol. The molecule has 0 aromatic heterocycles. The molecule has 0 saturated carbocycles. The molecule has 6 heteroatoms. The second-order valence-corrected chi connectivity index (χ2v) is 5.98. The van der Waals surface area contributed by atoms with Gasteiger partial charge in [-0.2, -0.15) is 0 Å². The van der Waals surface area contributed by atoms with Crippen LogP contribution >= 0.6 is 0 Å². The van der Waals surface area contributed by atoms with Crippen LogP contribution in [0.3, 0.4) is 0 Å². The first-order valence-corrected chi connectivity index (χ1v) is 7.02. The van der Waals surface area contributed by atoms with Gasteiger partial charge in [-0.05, 0) is 0 Å². The number of rotatable bonds is 3. The van der Waals surface area contributed by atoms with Gasteiger partial charge in [-0.25, -0.2) is 0 Å². The van der Waals surface area contributed by atoms with Crippen molar-refractivity contribution in [3.63, 3.8) is 0 Å². The summed E-state index contributed by atoms with van der Waals surface area (Å²) in [5, 5.41) is 0. The van der Waals surface area contributed by atoms with Gasteiger partial charge in [-0.15, -0.1) is 0 Å². The van der Waals surface area contributed by atoms with Gasteiger partial charge in [0.1, 0.15) is 0 Å². The number of carbonyl (C=O) groups is 3. The van der Waals surface area contributed by atoms with Crippen molar-refractivity contribution in [2.75, 3.05) is 0 Å². The molecule has 0 spiro atoms. The van der Waals surface area contributed by atoms with Crippen LogP contribution in [-0.2, 0) is 8.61 Å². The Labute approximate surface area is 111 Å². The van der Waals surface area contributed by atoms with E-state index in [0.717, 1.165) is 4.90 Å². The van der Waals surface area contributed by atoms with Crippen molar-refractivity contribution in [3.8, 4) is 0 Å². The number of amides is 2. The summed E-state index contributed by atoms with van der Waals surface area (Å²) in [7, 11) is 0. The maximum absolute atomic E-state index is 12.1. The Morgan fingerprint density at radius 3 is 2.17 bits per heavy atom. The molecule has 94 valence electrons. The predicted octanol–water partition coefficient (Wildman–Crippen LogP) is 0.811. The molecule has 1 aromatic rings. The monoisotopic (exact) mass is 313 g/mol. The summed E-state index contributed by atoms with van der Waals surface area (Å²) >= 11 is -0.570. The first-order chi connectivity index (χ1) is 8.52. The Hall–Kier alpha value is -1.65. The molecule has 0 aliphatic carbocycles. The van der Waals surface area contributed by atoms with Crippen LogP contribution < -0.4 is 0 Å². The van der Waals surface area contributed by atoms with E-state index in [1.165, 1.54) is 6.92 Å². The van der Waals surface area contributed by atoms with Crippen molar-refractivity contribution in [1.29, 1.82) is 0 Å². The van der Waals surface area contributed by atoms with Crippen molar-refractivity contribution in [1.82, 2.24) is 4.90 Å². The third-order valence-electron chi connectivity index (χ3n) is 2.49. The van der Waals surface area contributed by atoms with Gasteiger partial charge in [0.2, 0.25) is 0 Å². The zero-order valence-electron chi connectivity index (χ0n) is 9.88. The third kappa shape index (κ3) is 2.17. The van der Waals surface area contributed by atoms with Crippen LogP contribution in [-0.4, -0.2) is 42.9 Å². The van der Waals surface area contributed by atoms with Gasteiger partial charge >= 0.3 is 110 Å². The van der Waals surface area contributed by atoms with E-state index in [9.17, 15) is 14.4 Å². The summed E-state index contributed by atoms with van der Waals surface area (Å²) in [5.74, 6) is -1.05. The van der Waals surface area contributed by atoms with E-state index in [2.05, 4.69) is 0 Å². The van der Waals surface area contributed by atoms with Crippen LogP contribution in [0, 0.1) is 0 Å². The fraction of sp³-hybridized carbons (Fsp3) is 0.250. The van der Waals surface area contributed by atoms with Crippen molar-refractivity contribution in [2.45, 2.75) is 18.8 Å². The van der Waals surface area contributed by atoms with Crippen molar-refractivity contribution >= 4 is 33.1 Å². The molecule has 18 heavy (non-hydrogen) atoms. The number of hydrogen-bond donors (Lipinski definition) is 0. The van der Waals surface area contributed by atoms with Gasteiger partial charge in [0, 0.05) is 0 Å². The van der Waals surface area contributed by atoms with E-state index in [-0.39, 0.29) is 11.8 Å². The number of benzene rings is 1. The third-order valence-corrected chi connectivity index (χ3v) is 4.21. The van der Waals surface area contributed by atoms with Crippen LogP contribution in [0.25, 0.3) is 0 Å². The molecule has 1 aromatic carbocycles. The van der Waals surface area contributed by atoms with Crippen LogP contribution in [0.2, 0.25) is 0 Å². The van der Waals surface area contributed by atoms with Crippen LogP contribution in [0.1, 0.15) is 34.6 Å². The second kappa shape index (κ2) is 4.92. The minimum atomic E-state index is -0.570. The maximum atomic E-state index is 12.1. The summed E-state index contributed by atoms with van der Waals surface area (Å²) in [4.78, 5) is 35.6. The number of nitrogens with zero attached hydrogens (tertiary/aromatic N) is 1. The quantitative estimate of drug-likeness (QED) is 0.612. The Morgan fingerprint density at radius 2 is 1.72 bits per heavy atom. The van der Waals surface area contributed by atoms with Gasteiger partial charge in [-0.1, -0.05) is 0 Å². The standard InChI is InChI=1S/C12H11NO4Se/c1-7(18-17-8(2)14)13-11(15)9-5-3-4-6-10(9)12(13)16/h3-7H,1-2H3. The molecule has 5 nitrogen and oxygen atoms in total. The fourth-order valence-electron chi connectivity index (χ4n) is 1.72. The first kappa shape index (κ1) is 12.8. The number of imide groups is 1. The number of hydrogen-bond acceptors (Lipinski definition) is 4.